The highest BCUT2D eigenvalue weighted by Gasteiger charge is 2.53. The number of aliphatic hydroxyl groups excluding tert-OH is 11. The summed E-state index contributed by atoms with van der Waals surface area (Å²) in [5.74, 6) is -0.287. The molecule has 3 saturated heterocycles. The number of carbonyl (C=O) groups is 1. The highest BCUT2D eigenvalue weighted by atomic mass is 16.8. The van der Waals surface area contributed by atoms with E-state index in [-0.39, 0.29) is 18.9 Å². The third kappa shape index (κ3) is 33.2. The first kappa shape index (κ1) is 80.2. The summed E-state index contributed by atoms with van der Waals surface area (Å²) in [5, 5.41) is 120. The van der Waals surface area contributed by atoms with Gasteiger partial charge in [0.1, 0.15) is 73.2 Å². The van der Waals surface area contributed by atoms with Crippen molar-refractivity contribution in [3.8, 4) is 0 Å². The van der Waals surface area contributed by atoms with E-state index in [4.69, 9.17) is 28.4 Å². The van der Waals surface area contributed by atoms with Crippen molar-refractivity contribution in [3.63, 3.8) is 0 Å². The van der Waals surface area contributed by atoms with Gasteiger partial charge in [-0.2, -0.15) is 0 Å². The van der Waals surface area contributed by atoms with Crippen LogP contribution in [0.25, 0.3) is 0 Å². The van der Waals surface area contributed by atoms with Crippen LogP contribution in [-0.2, 0) is 33.2 Å². The summed E-state index contributed by atoms with van der Waals surface area (Å²) in [4.78, 5) is 13.4. The number of hydrogen-bond acceptors (Lipinski definition) is 18. The maximum atomic E-state index is 13.4. The van der Waals surface area contributed by atoms with Crippen LogP contribution in [0.4, 0.5) is 0 Å². The van der Waals surface area contributed by atoms with Gasteiger partial charge >= 0.3 is 0 Å². The van der Waals surface area contributed by atoms with Gasteiger partial charge in [-0.05, 0) is 44.9 Å². The van der Waals surface area contributed by atoms with Gasteiger partial charge in [0.2, 0.25) is 5.91 Å². The Morgan fingerprint density at radius 1 is 0.398 bits per heavy atom. The van der Waals surface area contributed by atoms with E-state index >= 15 is 0 Å². The second kappa shape index (κ2) is 51.4. The summed E-state index contributed by atoms with van der Waals surface area (Å²) in [6, 6.07) is -0.994. The first-order chi connectivity index (χ1) is 42.8. The Morgan fingerprint density at radius 3 is 1.14 bits per heavy atom. The average Bonchev–Trinajstić information content (AvgIpc) is 1.62. The highest BCUT2D eigenvalue weighted by molar-refractivity contribution is 5.76. The number of hydrogen-bond donors (Lipinski definition) is 12. The van der Waals surface area contributed by atoms with E-state index < -0.39 is 124 Å². The van der Waals surface area contributed by atoms with Gasteiger partial charge in [0.05, 0.1) is 38.6 Å². The molecule has 3 rings (SSSR count). The van der Waals surface area contributed by atoms with Crippen LogP contribution >= 0.6 is 0 Å². The van der Waals surface area contributed by atoms with E-state index in [0.29, 0.717) is 12.8 Å². The molecule has 3 aliphatic rings. The van der Waals surface area contributed by atoms with Gasteiger partial charge in [-0.1, -0.05) is 249 Å². The van der Waals surface area contributed by atoms with Crippen LogP contribution in [-0.4, -0.2) is 193 Å². The number of rotatable bonds is 54. The molecule has 0 radical (unpaired) electrons. The Bertz CT molecular complexity index is 1740. The number of allylic oxidation sites excluding steroid dienone is 5. The number of amides is 1. The molecule has 0 aromatic carbocycles. The lowest BCUT2D eigenvalue weighted by atomic mass is 9.96. The fraction of sp³-hybridized carbons (Fsp3) is 0.899. The van der Waals surface area contributed by atoms with Crippen molar-refractivity contribution >= 4 is 5.91 Å². The zero-order valence-corrected chi connectivity index (χ0v) is 54.5. The predicted molar refractivity (Wildman–Crippen MR) is 342 cm³/mol. The first-order valence-electron chi connectivity index (χ1n) is 35.2. The zero-order valence-electron chi connectivity index (χ0n) is 54.5. The van der Waals surface area contributed by atoms with E-state index in [0.717, 1.165) is 44.9 Å². The first-order valence-corrected chi connectivity index (χ1v) is 35.2. The Morgan fingerprint density at radius 2 is 0.727 bits per heavy atom. The lowest BCUT2D eigenvalue weighted by molar-refractivity contribution is -0.379. The molecule has 516 valence electrons. The number of unbranched alkanes of at least 4 members (excludes halogenated alkanes) is 34. The molecule has 0 bridgehead atoms. The summed E-state index contributed by atoms with van der Waals surface area (Å²) in [6.45, 7) is 1.73. The Kier molecular flexibility index (Phi) is 46.9. The number of aliphatic hydroxyl groups is 11. The number of carbonyl (C=O) groups excluding carboxylic acids is 1. The summed E-state index contributed by atoms with van der Waals surface area (Å²) >= 11 is 0. The van der Waals surface area contributed by atoms with Gasteiger partial charge < -0.3 is 89.9 Å². The molecule has 0 spiro atoms. The quantitative estimate of drug-likeness (QED) is 0.0199. The molecule has 17 atom stereocenters. The minimum atomic E-state index is -1.98. The lowest BCUT2D eigenvalue weighted by Gasteiger charge is -2.48. The third-order valence-electron chi connectivity index (χ3n) is 17.7. The third-order valence-corrected chi connectivity index (χ3v) is 17.7. The van der Waals surface area contributed by atoms with Crippen molar-refractivity contribution < 1.29 is 89.4 Å². The lowest BCUT2D eigenvalue weighted by Crippen LogP contribution is -2.66. The van der Waals surface area contributed by atoms with Gasteiger partial charge in [-0.25, -0.2) is 0 Å². The number of nitrogens with one attached hydrogen (secondary N) is 1. The SMILES string of the molecule is CCCCCCCCCCCCCCCCCCCC/C=C/CC/C=C/CC/C=C/C(O)C(COC1OC(CO)C(OC2OC(CO)C(OC3OC(CO)C(O)C(O)C3O)C(O)C2O)C(O)C1O)NC(=O)CCCCCCCCCCCCCCCCC. The molecule has 0 aromatic rings. The van der Waals surface area contributed by atoms with Gasteiger partial charge in [0, 0.05) is 6.42 Å². The fourth-order valence-electron chi connectivity index (χ4n) is 11.9. The van der Waals surface area contributed by atoms with Crippen molar-refractivity contribution in [3.05, 3.63) is 36.5 Å². The molecule has 0 aromatic heterocycles. The van der Waals surface area contributed by atoms with Crippen LogP contribution in [0.1, 0.15) is 264 Å². The summed E-state index contributed by atoms with van der Waals surface area (Å²) < 4.78 is 34.3. The smallest absolute Gasteiger partial charge is 0.220 e. The molecule has 88 heavy (non-hydrogen) atoms. The molecule has 19 nitrogen and oxygen atoms in total. The summed E-state index contributed by atoms with van der Waals surface area (Å²) in [7, 11) is 0. The van der Waals surface area contributed by atoms with E-state index in [1.54, 1.807) is 6.08 Å². The van der Waals surface area contributed by atoms with E-state index in [9.17, 15) is 61.0 Å². The molecule has 3 fully saturated rings. The molecule has 17 unspecified atom stereocenters. The molecule has 0 aliphatic carbocycles. The number of ether oxygens (including phenoxy) is 6. The van der Waals surface area contributed by atoms with Gasteiger partial charge in [0.25, 0.3) is 0 Å². The minimum Gasteiger partial charge on any atom is -0.394 e. The van der Waals surface area contributed by atoms with E-state index in [1.165, 1.54) is 186 Å². The maximum absolute atomic E-state index is 13.4. The summed E-state index contributed by atoms with van der Waals surface area (Å²) in [6.07, 6.45) is 32.8. The average molecular weight is 1260 g/mol. The standard InChI is InChI=1S/C69H127NO18/c1-3-5-7-9-11-13-15-17-19-20-21-22-23-24-25-26-27-28-29-30-31-33-34-36-38-40-42-44-46-53(74)52(70-57(75)47-45-43-41-39-37-35-32-18-16-14-12-10-8-6-4-2)51-83-67-63(81)60(78)65(55(49-72)85-67)88-69-64(82)61(79)66(56(50-73)86-69)87-68-62(80)59(77)58(76)54(48-71)84-68/h30-31,36,38,44,46,52-56,58-69,71-74,76-82H,3-29,32-35,37,39-43,45,47-51H2,1-2H3,(H,70,75)/b31-30+,38-36+,46-44+. The molecule has 0 saturated carbocycles. The van der Waals surface area contributed by atoms with Crippen LogP contribution in [0.2, 0.25) is 0 Å². The van der Waals surface area contributed by atoms with Crippen molar-refractivity contribution in [2.75, 3.05) is 26.4 Å². The van der Waals surface area contributed by atoms with Gasteiger partial charge in [-0.3, -0.25) is 4.79 Å². The van der Waals surface area contributed by atoms with E-state index in [1.807, 2.05) is 6.08 Å². The van der Waals surface area contributed by atoms with Crippen molar-refractivity contribution in [1.29, 1.82) is 0 Å². The van der Waals surface area contributed by atoms with Gasteiger partial charge in [0.15, 0.2) is 18.9 Å². The molecular weight excluding hydrogens is 1130 g/mol. The maximum Gasteiger partial charge on any atom is 0.220 e. The molecule has 19 heteroatoms. The molecule has 1 amide bonds. The van der Waals surface area contributed by atoms with Gasteiger partial charge in [-0.15, -0.1) is 0 Å². The topological polar surface area (TPSA) is 307 Å². The molecule has 3 aliphatic heterocycles. The van der Waals surface area contributed by atoms with E-state index in [2.05, 4.69) is 43.5 Å². The normalized spacial score (nSPS) is 28.6. The van der Waals surface area contributed by atoms with Crippen LogP contribution in [0.5, 0.6) is 0 Å². The molecule has 3 heterocycles. The van der Waals surface area contributed by atoms with Crippen LogP contribution in [0.3, 0.4) is 0 Å². The Balaban J connectivity index is 1.44. The van der Waals surface area contributed by atoms with Crippen molar-refractivity contribution in [2.24, 2.45) is 0 Å². The highest BCUT2D eigenvalue weighted by Crippen LogP contribution is 2.33. The predicted octanol–water partition coefficient (Wildman–Crippen LogP) is 9.22. The fourth-order valence-corrected chi connectivity index (χ4v) is 11.9. The monoisotopic (exact) mass is 1260 g/mol. The largest absolute Gasteiger partial charge is 0.394 e. The van der Waals surface area contributed by atoms with Crippen molar-refractivity contribution in [1.82, 2.24) is 5.32 Å². The van der Waals surface area contributed by atoms with Crippen LogP contribution in [0, 0.1) is 0 Å². The van der Waals surface area contributed by atoms with Crippen LogP contribution in [0.15, 0.2) is 36.5 Å². The minimum absolute atomic E-state index is 0.235. The Hall–Kier alpha value is -1.99. The zero-order chi connectivity index (χ0) is 64.0. The van der Waals surface area contributed by atoms with Crippen LogP contribution < -0.4 is 5.32 Å². The Labute approximate surface area is 530 Å². The molecular formula is C69H127NO18. The second-order valence-corrected chi connectivity index (χ2v) is 25.3. The molecule has 12 N–H and O–H groups in total. The second-order valence-electron chi connectivity index (χ2n) is 25.3. The van der Waals surface area contributed by atoms with Crippen molar-refractivity contribution in [2.45, 2.75) is 369 Å². The summed E-state index contributed by atoms with van der Waals surface area (Å²) in [5.41, 5.74) is 0.